The summed E-state index contributed by atoms with van der Waals surface area (Å²) in [6, 6.07) is 7.66. The van der Waals surface area contributed by atoms with E-state index in [0.717, 1.165) is 36.1 Å². The Hall–Kier alpha value is -2.70. The van der Waals surface area contributed by atoms with Gasteiger partial charge in [0.05, 0.1) is 20.8 Å². The van der Waals surface area contributed by atoms with Crippen molar-refractivity contribution in [1.82, 2.24) is 20.4 Å². The molecule has 0 saturated heterocycles. The van der Waals surface area contributed by atoms with Crippen LogP contribution in [-0.4, -0.2) is 43.6 Å². The predicted molar refractivity (Wildman–Crippen MR) is 90.0 cm³/mol. The van der Waals surface area contributed by atoms with Crippen LogP contribution in [-0.2, 0) is 13.1 Å². The smallest absolute Gasteiger partial charge is 0.191 e. The quantitative estimate of drug-likeness (QED) is 0.594. The molecule has 1 heterocycles. The van der Waals surface area contributed by atoms with Crippen molar-refractivity contribution in [1.29, 1.82) is 0 Å². The fourth-order valence-electron chi connectivity index (χ4n) is 2.12. The zero-order chi connectivity index (χ0) is 16.5. The van der Waals surface area contributed by atoms with Crippen molar-refractivity contribution in [2.24, 2.45) is 4.99 Å². The average Bonchev–Trinajstić information content (AvgIpc) is 3.11. The van der Waals surface area contributed by atoms with Gasteiger partial charge >= 0.3 is 0 Å². The Morgan fingerprint density at radius 1 is 1.26 bits per heavy atom. The molecule has 23 heavy (non-hydrogen) atoms. The number of nitrogens with one attached hydrogen (secondary N) is 2. The second kappa shape index (κ2) is 8.67. The number of guanidine groups is 1. The number of methoxy groups -OCH3 is 2. The third-order valence-corrected chi connectivity index (χ3v) is 3.36. The molecule has 1 aromatic carbocycles. The average molecular weight is 317 g/mol. The molecule has 2 rings (SSSR count). The topological polar surface area (TPSA) is 72.7 Å². The number of hydrogen-bond acceptors (Lipinski definition) is 4. The first-order valence-corrected chi connectivity index (χ1v) is 7.39. The lowest BCUT2D eigenvalue weighted by molar-refractivity contribution is 0.390. The third kappa shape index (κ3) is 4.91. The standard InChI is InChI=1S/C16H23N5O2/c1-17-16(18-8-10-21-9-4-7-20-21)19-12-13-5-6-14(22-2)11-15(13)23-3/h4-7,9,11H,8,10,12H2,1-3H3,(H2,17,18,19). The van der Waals surface area contributed by atoms with E-state index in [1.54, 1.807) is 27.5 Å². The van der Waals surface area contributed by atoms with Gasteiger partial charge in [0.2, 0.25) is 0 Å². The first kappa shape index (κ1) is 16.7. The van der Waals surface area contributed by atoms with Crippen LogP contribution in [0.15, 0.2) is 41.7 Å². The molecular formula is C16H23N5O2. The summed E-state index contributed by atoms with van der Waals surface area (Å²) >= 11 is 0. The minimum atomic E-state index is 0.606. The second-order valence-corrected chi connectivity index (χ2v) is 4.80. The van der Waals surface area contributed by atoms with E-state index < -0.39 is 0 Å². The maximum absolute atomic E-state index is 5.39. The lowest BCUT2D eigenvalue weighted by Gasteiger charge is -2.14. The van der Waals surface area contributed by atoms with Crippen molar-refractivity contribution >= 4 is 5.96 Å². The third-order valence-electron chi connectivity index (χ3n) is 3.36. The van der Waals surface area contributed by atoms with Crippen LogP contribution in [0, 0.1) is 0 Å². The minimum absolute atomic E-state index is 0.606. The van der Waals surface area contributed by atoms with Gasteiger partial charge in [-0.1, -0.05) is 0 Å². The molecular weight excluding hydrogens is 294 g/mol. The largest absolute Gasteiger partial charge is 0.497 e. The Morgan fingerprint density at radius 3 is 2.78 bits per heavy atom. The van der Waals surface area contributed by atoms with Crippen LogP contribution >= 0.6 is 0 Å². The molecule has 0 amide bonds. The molecule has 1 aromatic heterocycles. The van der Waals surface area contributed by atoms with E-state index in [9.17, 15) is 0 Å². The normalized spacial score (nSPS) is 11.2. The fourth-order valence-corrected chi connectivity index (χ4v) is 2.12. The van der Waals surface area contributed by atoms with Crippen molar-refractivity contribution < 1.29 is 9.47 Å². The van der Waals surface area contributed by atoms with Crippen LogP contribution in [0.2, 0.25) is 0 Å². The van der Waals surface area contributed by atoms with Gasteiger partial charge in [0, 0.05) is 44.2 Å². The number of aromatic nitrogens is 2. The molecule has 0 aliphatic rings. The predicted octanol–water partition coefficient (Wildman–Crippen LogP) is 1.27. The molecule has 2 aromatic rings. The van der Waals surface area contributed by atoms with Gasteiger partial charge in [0.1, 0.15) is 11.5 Å². The molecule has 0 spiro atoms. The Kier molecular flexibility index (Phi) is 6.28. The number of rotatable bonds is 7. The molecule has 0 unspecified atom stereocenters. The van der Waals surface area contributed by atoms with E-state index in [4.69, 9.17) is 9.47 Å². The molecule has 2 N–H and O–H groups in total. The number of ether oxygens (including phenoxy) is 2. The van der Waals surface area contributed by atoms with Crippen molar-refractivity contribution in [2.75, 3.05) is 27.8 Å². The van der Waals surface area contributed by atoms with Crippen LogP contribution in [0.4, 0.5) is 0 Å². The molecule has 0 fully saturated rings. The summed E-state index contributed by atoms with van der Waals surface area (Å²) in [7, 11) is 5.03. The monoisotopic (exact) mass is 317 g/mol. The Bertz CT molecular complexity index is 625. The Balaban J connectivity index is 1.85. The first-order valence-electron chi connectivity index (χ1n) is 7.39. The lowest BCUT2D eigenvalue weighted by atomic mass is 10.2. The number of benzene rings is 1. The molecule has 7 heteroatoms. The van der Waals surface area contributed by atoms with Crippen molar-refractivity contribution in [3.05, 3.63) is 42.2 Å². The molecule has 0 bridgehead atoms. The molecule has 0 radical (unpaired) electrons. The van der Waals surface area contributed by atoms with Crippen LogP contribution < -0.4 is 20.1 Å². The fraction of sp³-hybridized carbons (Fsp3) is 0.375. The minimum Gasteiger partial charge on any atom is -0.497 e. The highest BCUT2D eigenvalue weighted by atomic mass is 16.5. The van der Waals surface area contributed by atoms with Crippen LogP contribution in [0.25, 0.3) is 0 Å². The van der Waals surface area contributed by atoms with E-state index in [0.29, 0.717) is 6.54 Å². The molecule has 0 atom stereocenters. The van der Waals surface area contributed by atoms with Crippen molar-refractivity contribution in [3.63, 3.8) is 0 Å². The van der Waals surface area contributed by atoms with Crippen LogP contribution in [0.3, 0.4) is 0 Å². The van der Waals surface area contributed by atoms with Gasteiger partial charge in [-0.25, -0.2) is 0 Å². The second-order valence-electron chi connectivity index (χ2n) is 4.80. The van der Waals surface area contributed by atoms with Gasteiger partial charge in [0.15, 0.2) is 5.96 Å². The van der Waals surface area contributed by atoms with Crippen LogP contribution in [0.1, 0.15) is 5.56 Å². The Labute approximate surface area is 136 Å². The van der Waals surface area contributed by atoms with Gasteiger partial charge in [-0.15, -0.1) is 0 Å². The SMILES string of the molecule is CN=C(NCCn1cccn1)NCc1ccc(OC)cc1OC. The van der Waals surface area contributed by atoms with Crippen molar-refractivity contribution in [2.45, 2.75) is 13.1 Å². The van der Waals surface area contributed by atoms with E-state index in [1.807, 2.05) is 35.1 Å². The molecule has 0 aliphatic heterocycles. The number of aliphatic imine (C=N–C) groups is 1. The van der Waals surface area contributed by atoms with E-state index in [-0.39, 0.29) is 0 Å². The summed E-state index contributed by atoms with van der Waals surface area (Å²) in [4.78, 5) is 4.21. The summed E-state index contributed by atoms with van der Waals surface area (Å²) < 4.78 is 12.5. The Morgan fingerprint density at radius 2 is 2.13 bits per heavy atom. The highest BCUT2D eigenvalue weighted by Crippen LogP contribution is 2.24. The lowest BCUT2D eigenvalue weighted by Crippen LogP contribution is -2.38. The highest BCUT2D eigenvalue weighted by molar-refractivity contribution is 5.79. The van der Waals surface area contributed by atoms with Gasteiger partial charge in [-0.3, -0.25) is 9.67 Å². The zero-order valence-corrected chi connectivity index (χ0v) is 13.7. The van der Waals surface area contributed by atoms with Crippen molar-refractivity contribution in [3.8, 4) is 11.5 Å². The zero-order valence-electron chi connectivity index (χ0n) is 13.7. The van der Waals surface area contributed by atoms with E-state index >= 15 is 0 Å². The van der Waals surface area contributed by atoms with Gasteiger partial charge in [-0.2, -0.15) is 5.10 Å². The van der Waals surface area contributed by atoms with Gasteiger partial charge in [-0.05, 0) is 18.2 Å². The van der Waals surface area contributed by atoms with Gasteiger partial charge in [0.25, 0.3) is 0 Å². The number of nitrogens with zero attached hydrogens (tertiary/aromatic N) is 3. The maximum Gasteiger partial charge on any atom is 0.191 e. The highest BCUT2D eigenvalue weighted by Gasteiger charge is 2.06. The van der Waals surface area contributed by atoms with E-state index in [1.165, 1.54) is 0 Å². The summed E-state index contributed by atoms with van der Waals surface area (Å²) in [5.74, 6) is 2.28. The summed E-state index contributed by atoms with van der Waals surface area (Å²) in [5.41, 5.74) is 1.03. The summed E-state index contributed by atoms with van der Waals surface area (Å²) in [6.45, 7) is 2.12. The maximum atomic E-state index is 5.39. The summed E-state index contributed by atoms with van der Waals surface area (Å²) in [6.07, 6.45) is 3.70. The molecule has 0 aliphatic carbocycles. The first-order chi connectivity index (χ1) is 11.3. The van der Waals surface area contributed by atoms with Crippen LogP contribution in [0.5, 0.6) is 11.5 Å². The van der Waals surface area contributed by atoms with Gasteiger partial charge < -0.3 is 20.1 Å². The van der Waals surface area contributed by atoms with E-state index in [2.05, 4.69) is 20.7 Å². The summed E-state index contributed by atoms with van der Waals surface area (Å²) in [5, 5.41) is 10.7. The molecule has 0 saturated carbocycles. The number of hydrogen-bond donors (Lipinski definition) is 2. The molecule has 124 valence electrons. The molecule has 7 nitrogen and oxygen atoms in total.